The van der Waals surface area contributed by atoms with E-state index in [1.807, 2.05) is 16.8 Å². The highest BCUT2D eigenvalue weighted by atomic mass is 16.5. The van der Waals surface area contributed by atoms with Gasteiger partial charge in [0.1, 0.15) is 6.10 Å². The molecule has 2 aromatic rings. The molecule has 0 amide bonds. The van der Waals surface area contributed by atoms with Crippen molar-refractivity contribution < 1.29 is 9.47 Å². The van der Waals surface area contributed by atoms with Gasteiger partial charge in [-0.2, -0.15) is 5.10 Å². The Morgan fingerprint density at radius 3 is 3.05 bits per heavy atom. The zero-order valence-corrected chi connectivity index (χ0v) is 11.0. The quantitative estimate of drug-likeness (QED) is 0.836. The number of hydrogen-bond acceptors (Lipinski definition) is 4. The van der Waals surface area contributed by atoms with Crippen molar-refractivity contribution in [2.45, 2.75) is 19.1 Å². The fourth-order valence-corrected chi connectivity index (χ4v) is 2.37. The van der Waals surface area contributed by atoms with Crippen molar-refractivity contribution in [2.75, 3.05) is 20.3 Å². The Labute approximate surface area is 112 Å². The fourth-order valence-electron chi connectivity index (χ4n) is 2.37. The van der Waals surface area contributed by atoms with Crippen molar-refractivity contribution in [3.63, 3.8) is 0 Å². The largest absolute Gasteiger partial charge is 0.382 e. The lowest BCUT2D eigenvalue weighted by molar-refractivity contribution is -0.0135. The van der Waals surface area contributed by atoms with Crippen LogP contribution >= 0.6 is 0 Å². The lowest BCUT2D eigenvalue weighted by Crippen LogP contribution is -2.19. The monoisotopic (exact) mass is 259 g/mol. The summed E-state index contributed by atoms with van der Waals surface area (Å²) in [4.78, 5) is 4.02. The maximum atomic E-state index is 5.70. The number of fused-ring (bicyclic) bond motifs is 1. The number of pyridine rings is 1. The molecular weight excluding hydrogens is 242 g/mol. The average Bonchev–Trinajstić information content (AvgIpc) is 2.84. The van der Waals surface area contributed by atoms with Crippen molar-refractivity contribution >= 4 is 0 Å². The molecule has 5 nitrogen and oxygen atoms in total. The first-order valence-electron chi connectivity index (χ1n) is 6.42. The molecule has 0 bridgehead atoms. The predicted octanol–water partition coefficient (Wildman–Crippen LogP) is 1.59. The zero-order valence-electron chi connectivity index (χ0n) is 11.0. The van der Waals surface area contributed by atoms with Crippen LogP contribution in [-0.4, -0.2) is 35.1 Å². The summed E-state index contributed by atoms with van der Waals surface area (Å²) in [5.41, 5.74) is 3.48. The number of ether oxygens (including phenoxy) is 2. The van der Waals surface area contributed by atoms with Crippen molar-refractivity contribution in [1.82, 2.24) is 14.8 Å². The van der Waals surface area contributed by atoms with Crippen LogP contribution in [0, 0.1) is 0 Å². The van der Waals surface area contributed by atoms with Crippen LogP contribution in [0.2, 0.25) is 0 Å². The van der Waals surface area contributed by atoms with Gasteiger partial charge in [0.2, 0.25) is 0 Å². The third kappa shape index (κ3) is 2.67. The van der Waals surface area contributed by atoms with Crippen LogP contribution in [0.3, 0.4) is 0 Å². The first kappa shape index (κ1) is 12.3. The minimum absolute atomic E-state index is 0.0348. The Bertz CT molecular complexity index is 539. The lowest BCUT2D eigenvalue weighted by atomic mass is 10.1. The summed E-state index contributed by atoms with van der Waals surface area (Å²) in [5, 5.41) is 4.64. The summed E-state index contributed by atoms with van der Waals surface area (Å²) < 4.78 is 12.9. The normalized spacial score (nSPS) is 18.3. The predicted molar refractivity (Wildman–Crippen MR) is 69.8 cm³/mol. The van der Waals surface area contributed by atoms with Gasteiger partial charge in [-0.25, -0.2) is 0 Å². The van der Waals surface area contributed by atoms with E-state index < -0.39 is 0 Å². The van der Waals surface area contributed by atoms with E-state index in [1.165, 1.54) is 11.1 Å². The second-order valence-corrected chi connectivity index (χ2v) is 4.66. The average molecular weight is 259 g/mol. The Hall–Kier alpha value is -1.72. The van der Waals surface area contributed by atoms with E-state index in [4.69, 9.17) is 9.47 Å². The van der Waals surface area contributed by atoms with Crippen LogP contribution < -0.4 is 0 Å². The fraction of sp³-hybridized carbons (Fsp3) is 0.429. The zero-order chi connectivity index (χ0) is 13.1. The maximum Gasteiger partial charge on any atom is 0.125 e. The molecule has 1 aliphatic heterocycles. The highest BCUT2D eigenvalue weighted by molar-refractivity contribution is 5.23. The highest BCUT2D eigenvalue weighted by Gasteiger charge is 2.24. The van der Waals surface area contributed by atoms with Gasteiger partial charge in [0.15, 0.2) is 0 Å². The van der Waals surface area contributed by atoms with Crippen LogP contribution in [0.1, 0.15) is 22.9 Å². The molecule has 3 rings (SSSR count). The standard InChI is InChI=1S/C14H17N3O2/c1-18-10-13-14-12(4-7-19-13)9-17(16-14)8-11-2-5-15-6-3-11/h2-3,5-6,9,13H,4,7-8,10H2,1H3. The molecule has 0 saturated carbocycles. The number of methoxy groups -OCH3 is 1. The molecule has 1 aliphatic rings. The van der Waals surface area contributed by atoms with Crippen molar-refractivity contribution in [1.29, 1.82) is 0 Å². The molecule has 0 N–H and O–H groups in total. The molecule has 1 atom stereocenters. The van der Waals surface area contributed by atoms with Crippen LogP contribution in [0.5, 0.6) is 0 Å². The van der Waals surface area contributed by atoms with Crippen molar-refractivity contribution in [2.24, 2.45) is 0 Å². The van der Waals surface area contributed by atoms with E-state index in [1.54, 1.807) is 19.5 Å². The molecule has 100 valence electrons. The van der Waals surface area contributed by atoms with Gasteiger partial charge in [-0.15, -0.1) is 0 Å². The minimum atomic E-state index is -0.0348. The summed E-state index contributed by atoms with van der Waals surface area (Å²) in [6.45, 7) is 2.05. The van der Waals surface area contributed by atoms with Gasteiger partial charge in [-0.3, -0.25) is 9.67 Å². The Balaban J connectivity index is 1.81. The molecule has 1 unspecified atom stereocenters. The van der Waals surface area contributed by atoms with Gasteiger partial charge < -0.3 is 9.47 Å². The van der Waals surface area contributed by atoms with Crippen LogP contribution in [0.15, 0.2) is 30.7 Å². The van der Waals surface area contributed by atoms with Crippen LogP contribution in [0.4, 0.5) is 0 Å². The van der Waals surface area contributed by atoms with Crippen molar-refractivity contribution in [3.8, 4) is 0 Å². The summed E-state index contributed by atoms with van der Waals surface area (Å²) in [7, 11) is 1.69. The molecule has 0 saturated heterocycles. The van der Waals surface area contributed by atoms with Gasteiger partial charge in [-0.05, 0) is 29.7 Å². The SMILES string of the molecule is COCC1OCCc2cn(Cc3ccncc3)nc21. The third-order valence-electron chi connectivity index (χ3n) is 3.28. The Morgan fingerprint density at radius 2 is 2.26 bits per heavy atom. The minimum Gasteiger partial charge on any atom is -0.382 e. The first-order valence-corrected chi connectivity index (χ1v) is 6.42. The molecule has 0 fully saturated rings. The number of hydrogen-bond donors (Lipinski definition) is 0. The second kappa shape index (κ2) is 5.50. The lowest BCUT2D eigenvalue weighted by Gasteiger charge is -2.20. The molecule has 0 aromatic carbocycles. The Kier molecular flexibility index (Phi) is 3.57. The van der Waals surface area contributed by atoms with E-state index in [9.17, 15) is 0 Å². The van der Waals surface area contributed by atoms with Gasteiger partial charge >= 0.3 is 0 Å². The van der Waals surface area contributed by atoms with Gasteiger partial charge in [0, 0.05) is 25.7 Å². The summed E-state index contributed by atoms with van der Waals surface area (Å²) >= 11 is 0. The molecule has 3 heterocycles. The first-order chi connectivity index (χ1) is 9.36. The number of aromatic nitrogens is 3. The van der Waals surface area contributed by atoms with E-state index in [0.717, 1.165) is 25.3 Å². The molecule has 0 radical (unpaired) electrons. The molecule has 5 heteroatoms. The van der Waals surface area contributed by atoms with Crippen molar-refractivity contribution in [3.05, 3.63) is 47.5 Å². The molecule has 0 aliphatic carbocycles. The van der Waals surface area contributed by atoms with Crippen LogP contribution in [0.25, 0.3) is 0 Å². The second-order valence-electron chi connectivity index (χ2n) is 4.66. The summed E-state index contributed by atoms with van der Waals surface area (Å²) in [5.74, 6) is 0. The van der Waals surface area contributed by atoms with Crippen LogP contribution in [-0.2, 0) is 22.4 Å². The maximum absolute atomic E-state index is 5.70. The summed E-state index contributed by atoms with van der Waals surface area (Å²) in [6, 6.07) is 4.01. The number of rotatable bonds is 4. The van der Waals surface area contributed by atoms with E-state index in [-0.39, 0.29) is 6.10 Å². The van der Waals surface area contributed by atoms with Gasteiger partial charge in [-0.1, -0.05) is 0 Å². The molecule has 0 spiro atoms. The molecule has 2 aromatic heterocycles. The molecular formula is C14H17N3O2. The van der Waals surface area contributed by atoms with E-state index in [0.29, 0.717) is 6.61 Å². The van der Waals surface area contributed by atoms with Gasteiger partial charge in [0.25, 0.3) is 0 Å². The topological polar surface area (TPSA) is 49.2 Å². The highest BCUT2D eigenvalue weighted by Crippen LogP contribution is 2.26. The van der Waals surface area contributed by atoms with Gasteiger partial charge in [0.05, 0.1) is 25.5 Å². The van der Waals surface area contributed by atoms with E-state index in [2.05, 4.69) is 16.3 Å². The number of nitrogens with zero attached hydrogens (tertiary/aromatic N) is 3. The third-order valence-corrected chi connectivity index (χ3v) is 3.28. The molecule has 19 heavy (non-hydrogen) atoms. The Morgan fingerprint density at radius 1 is 1.42 bits per heavy atom. The summed E-state index contributed by atoms with van der Waals surface area (Å²) in [6.07, 6.45) is 6.60. The van der Waals surface area contributed by atoms with E-state index >= 15 is 0 Å². The smallest absolute Gasteiger partial charge is 0.125 e.